The van der Waals surface area contributed by atoms with Crippen molar-refractivity contribution in [2.75, 3.05) is 18.6 Å². The predicted octanol–water partition coefficient (Wildman–Crippen LogP) is 4.12. The van der Waals surface area contributed by atoms with Gasteiger partial charge in [-0.25, -0.2) is 4.39 Å². The molecule has 1 aromatic heterocycles. The molecule has 29 heavy (non-hydrogen) atoms. The highest BCUT2D eigenvalue weighted by molar-refractivity contribution is 7.70. The van der Waals surface area contributed by atoms with Crippen molar-refractivity contribution in [3.05, 3.63) is 82.0 Å². The van der Waals surface area contributed by atoms with Gasteiger partial charge in [-0.2, -0.15) is 0 Å². The van der Waals surface area contributed by atoms with Gasteiger partial charge in [-0.15, -0.1) is 0 Å². The van der Waals surface area contributed by atoms with E-state index in [-0.39, 0.29) is 16.9 Å². The van der Waals surface area contributed by atoms with E-state index in [0.29, 0.717) is 22.3 Å². The third-order valence-corrected chi connectivity index (χ3v) is 5.74. The smallest absolute Gasteiger partial charge is 0.259 e. The first-order valence-corrected chi connectivity index (χ1v) is 11.4. The van der Waals surface area contributed by atoms with Crippen molar-refractivity contribution >= 4 is 24.0 Å². The van der Waals surface area contributed by atoms with E-state index >= 15 is 0 Å². The summed E-state index contributed by atoms with van der Waals surface area (Å²) in [5, 5.41) is 3.18. The molecule has 0 saturated heterocycles. The lowest BCUT2D eigenvalue weighted by Gasteiger charge is -2.16. The predicted molar refractivity (Wildman–Crippen MR) is 112 cm³/mol. The second kappa shape index (κ2) is 8.05. The van der Waals surface area contributed by atoms with Crippen LogP contribution in [0.2, 0.25) is 0 Å². The summed E-state index contributed by atoms with van der Waals surface area (Å²) < 4.78 is 31.8. The maximum absolute atomic E-state index is 13.4. The number of rotatable bonds is 5. The Morgan fingerprint density at radius 3 is 2.48 bits per heavy atom. The first-order chi connectivity index (χ1) is 13.6. The van der Waals surface area contributed by atoms with Gasteiger partial charge in [-0.1, -0.05) is 6.07 Å². The number of hydrogen-bond donors (Lipinski definition) is 2. The van der Waals surface area contributed by atoms with Gasteiger partial charge in [0.2, 0.25) is 5.56 Å². The van der Waals surface area contributed by atoms with E-state index in [4.69, 9.17) is 4.74 Å². The van der Waals surface area contributed by atoms with Gasteiger partial charge in [-0.05, 0) is 62.2 Å². The summed E-state index contributed by atoms with van der Waals surface area (Å²) in [6.07, 6.45) is 1.42. The van der Waals surface area contributed by atoms with Crippen molar-refractivity contribution in [1.29, 1.82) is 0 Å². The quantitative estimate of drug-likeness (QED) is 0.615. The van der Waals surface area contributed by atoms with Crippen LogP contribution < -0.4 is 20.9 Å². The molecule has 0 aliphatic heterocycles. The summed E-state index contributed by atoms with van der Waals surface area (Å²) in [5.41, 5.74) is 0.705. The lowest BCUT2D eigenvalue weighted by molar-refractivity contribution is 0.102. The molecule has 0 unspecified atom stereocenters. The topological polar surface area (TPSA) is 88.3 Å². The Labute approximate surface area is 167 Å². The summed E-state index contributed by atoms with van der Waals surface area (Å²) in [5.74, 6) is -0.347. The maximum Gasteiger partial charge on any atom is 0.259 e. The number of aryl methyl sites for hydroxylation is 1. The number of halogens is 1. The molecule has 2 N–H and O–H groups in total. The lowest BCUT2D eigenvalue weighted by atomic mass is 10.1. The molecule has 3 rings (SSSR count). The van der Waals surface area contributed by atoms with Gasteiger partial charge in [0, 0.05) is 23.3 Å². The monoisotopic (exact) mass is 414 g/mol. The molecule has 1 amide bonds. The number of aromatic nitrogens is 1. The fourth-order valence-electron chi connectivity index (χ4n) is 2.68. The molecule has 6 nitrogen and oxygen atoms in total. The Bertz CT molecular complexity index is 1180. The zero-order chi connectivity index (χ0) is 21.2. The van der Waals surface area contributed by atoms with Gasteiger partial charge in [0.1, 0.15) is 24.5 Å². The molecule has 1 heterocycles. The van der Waals surface area contributed by atoms with Crippen LogP contribution in [0.1, 0.15) is 15.9 Å². The summed E-state index contributed by atoms with van der Waals surface area (Å²) >= 11 is 0. The van der Waals surface area contributed by atoms with Crippen molar-refractivity contribution in [2.24, 2.45) is 0 Å². The lowest BCUT2D eigenvalue weighted by Crippen LogP contribution is -2.16. The van der Waals surface area contributed by atoms with Crippen molar-refractivity contribution in [3.63, 3.8) is 0 Å². The third kappa shape index (κ3) is 5.00. The van der Waals surface area contributed by atoms with Gasteiger partial charge in [0.25, 0.3) is 5.91 Å². The number of amides is 1. The molecule has 0 atom stereocenters. The van der Waals surface area contributed by atoms with Crippen molar-refractivity contribution in [1.82, 2.24) is 4.98 Å². The number of carbonyl (C=O) groups is 1. The fraction of sp³-hybridized carbons (Fsp3) is 0.143. The number of H-pyrrole nitrogens is 1. The van der Waals surface area contributed by atoms with Crippen LogP contribution in [-0.2, 0) is 4.57 Å². The Morgan fingerprint density at radius 2 is 1.83 bits per heavy atom. The van der Waals surface area contributed by atoms with Crippen molar-refractivity contribution in [2.45, 2.75) is 6.92 Å². The highest BCUT2D eigenvalue weighted by atomic mass is 31.2. The minimum atomic E-state index is -2.61. The molecular formula is C21H20FN2O4P. The molecule has 0 radical (unpaired) electrons. The van der Waals surface area contributed by atoms with Crippen LogP contribution in [-0.4, -0.2) is 24.2 Å². The second-order valence-corrected chi connectivity index (χ2v) is 10.2. The normalized spacial score (nSPS) is 11.2. The zero-order valence-corrected chi connectivity index (χ0v) is 17.0. The molecule has 0 saturated carbocycles. The second-order valence-electron chi connectivity index (χ2n) is 6.94. The van der Waals surface area contributed by atoms with Crippen molar-refractivity contribution in [3.8, 4) is 11.5 Å². The SMILES string of the molecule is Cc1cc(F)ccc1Oc1cc(P(C)(C)=O)ccc1C(=O)Nc1cc[nH]c(=O)c1. The molecule has 0 bridgehead atoms. The Kier molecular flexibility index (Phi) is 5.71. The number of pyridine rings is 1. The molecule has 0 aliphatic carbocycles. The number of nitrogens with one attached hydrogen (secondary N) is 2. The standard InChI is InChI=1S/C21H20FN2O4P/c1-13-10-14(22)4-7-18(13)28-19-12-16(29(2,3)27)5-6-17(19)21(26)24-15-8-9-23-20(25)11-15/h4-12H,1-3H3,(H2,23,24,25,26). The van der Waals surface area contributed by atoms with Crippen LogP contribution in [0.4, 0.5) is 10.1 Å². The van der Waals surface area contributed by atoms with Crippen LogP contribution in [0.25, 0.3) is 0 Å². The van der Waals surface area contributed by atoms with E-state index in [1.165, 1.54) is 36.5 Å². The van der Waals surface area contributed by atoms with E-state index in [1.54, 1.807) is 38.5 Å². The van der Waals surface area contributed by atoms with Gasteiger partial charge in [-0.3, -0.25) is 9.59 Å². The number of benzene rings is 2. The van der Waals surface area contributed by atoms with Gasteiger partial charge in [0.05, 0.1) is 5.56 Å². The minimum Gasteiger partial charge on any atom is -0.456 e. The number of anilines is 1. The van der Waals surface area contributed by atoms with Crippen LogP contribution in [0, 0.1) is 12.7 Å². The Balaban J connectivity index is 2.02. The van der Waals surface area contributed by atoms with E-state index in [1.807, 2.05) is 0 Å². The number of aromatic amines is 1. The molecule has 0 fully saturated rings. The van der Waals surface area contributed by atoms with E-state index in [0.717, 1.165) is 0 Å². The average molecular weight is 414 g/mol. The third-order valence-electron chi connectivity index (χ3n) is 4.22. The van der Waals surface area contributed by atoms with Crippen LogP contribution in [0.5, 0.6) is 11.5 Å². The average Bonchev–Trinajstić information content (AvgIpc) is 2.63. The van der Waals surface area contributed by atoms with Crippen LogP contribution >= 0.6 is 7.14 Å². The first-order valence-electron chi connectivity index (χ1n) is 8.77. The Hall–Kier alpha value is -3.18. The molecular weight excluding hydrogens is 394 g/mol. The highest BCUT2D eigenvalue weighted by Gasteiger charge is 2.19. The molecule has 0 aliphatic rings. The largest absolute Gasteiger partial charge is 0.456 e. The van der Waals surface area contributed by atoms with Gasteiger partial charge < -0.3 is 19.6 Å². The summed E-state index contributed by atoms with van der Waals surface area (Å²) in [4.78, 5) is 26.7. The molecule has 3 aromatic rings. The van der Waals surface area contributed by atoms with E-state index < -0.39 is 18.9 Å². The number of ether oxygens (including phenoxy) is 1. The summed E-state index contributed by atoms with van der Waals surface area (Å²) in [6.45, 7) is 4.92. The van der Waals surface area contributed by atoms with Crippen LogP contribution in [0.3, 0.4) is 0 Å². The minimum absolute atomic E-state index is 0.184. The highest BCUT2D eigenvalue weighted by Crippen LogP contribution is 2.37. The number of carbonyl (C=O) groups excluding carboxylic acids is 1. The molecule has 8 heteroatoms. The van der Waals surface area contributed by atoms with Crippen molar-refractivity contribution < 1.29 is 18.5 Å². The van der Waals surface area contributed by atoms with E-state index in [9.17, 15) is 18.5 Å². The molecule has 2 aromatic carbocycles. The zero-order valence-electron chi connectivity index (χ0n) is 16.2. The molecule has 0 spiro atoms. The summed E-state index contributed by atoms with van der Waals surface area (Å²) in [7, 11) is -2.61. The Morgan fingerprint density at radius 1 is 1.07 bits per heavy atom. The van der Waals surface area contributed by atoms with Crippen LogP contribution in [0.15, 0.2) is 59.5 Å². The number of hydrogen-bond acceptors (Lipinski definition) is 4. The summed E-state index contributed by atoms with van der Waals surface area (Å²) in [6, 6.07) is 11.5. The first kappa shape index (κ1) is 20.6. The fourth-order valence-corrected chi connectivity index (χ4v) is 3.55. The van der Waals surface area contributed by atoms with Gasteiger partial charge >= 0.3 is 0 Å². The molecule has 150 valence electrons. The van der Waals surface area contributed by atoms with Gasteiger partial charge in [0.15, 0.2) is 0 Å². The maximum atomic E-state index is 13.4. The van der Waals surface area contributed by atoms with E-state index in [2.05, 4.69) is 10.3 Å².